The van der Waals surface area contributed by atoms with Crippen LogP contribution < -0.4 is 14.2 Å². The molecule has 1 heterocycles. The van der Waals surface area contributed by atoms with E-state index in [1.165, 1.54) is 0 Å². The Bertz CT molecular complexity index is 936. The maximum Gasteiger partial charge on any atom is 0.303 e. The largest absolute Gasteiger partial charge is 0.493 e. The highest BCUT2D eigenvalue weighted by molar-refractivity contribution is 5.67. The molecular weight excluding hydrogens is 364 g/mol. The number of aliphatic carboxylic acids is 1. The summed E-state index contributed by atoms with van der Waals surface area (Å²) in [7, 11) is 3.13. The van der Waals surface area contributed by atoms with Crippen LogP contribution in [0.1, 0.15) is 17.9 Å². The van der Waals surface area contributed by atoms with E-state index in [0.29, 0.717) is 35.4 Å². The summed E-state index contributed by atoms with van der Waals surface area (Å²) in [6, 6.07) is 12.6. The normalized spacial score (nSPS) is 10.5. The lowest BCUT2D eigenvalue weighted by molar-refractivity contribution is -0.136. The minimum Gasteiger partial charge on any atom is -0.493 e. The number of aromatic nitrogens is 2. The summed E-state index contributed by atoms with van der Waals surface area (Å²) in [5.41, 5.74) is 1.67. The van der Waals surface area contributed by atoms with E-state index in [2.05, 4.69) is 10.1 Å². The van der Waals surface area contributed by atoms with Crippen LogP contribution in [-0.4, -0.2) is 35.4 Å². The Kier molecular flexibility index (Phi) is 6.11. The highest BCUT2D eigenvalue weighted by Gasteiger charge is 2.12. The number of methoxy groups -OCH3 is 2. The molecule has 0 fully saturated rings. The average Bonchev–Trinajstić information content (AvgIpc) is 3.20. The van der Waals surface area contributed by atoms with Crippen LogP contribution >= 0.6 is 0 Å². The molecule has 2 aromatic carbocycles. The SMILES string of the molecule is COc1ccc(-c2noc(COc3ccc(CCC(=O)O)cc3)n2)cc1OC. The zero-order chi connectivity index (χ0) is 19.9. The van der Waals surface area contributed by atoms with Gasteiger partial charge in [0.25, 0.3) is 5.89 Å². The van der Waals surface area contributed by atoms with Crippen molar-refractivity contribution < 1.29 is 28.6 Å². The zero-order valence-corrected chi connectivity index (χ0v) is 15.5. The van der Waals surface area contributed by atoms with Gasteiger partial charge < -0.3 is 23.8 Å². The van der Waals surface area contributed by atoms with Crippen LogP contribution in [0.5, 0.6) is 17.2 Å². The van der Waals surface area contributed by atoms with Crippen LogP contribution in [0.2, 0.25) is 0 Å². The summed E-state index contributed by atoms with van der Waals surface area (Å²) in [5.74, 6) is 1.76. The Morgan fingerprint density at radius 2 is 1.82 bits per heavy atom. The van der Waals surface area contributed by atoms with Gasteiger partial charge in [0.1, 0.15) is 5.75 Å². The molecule has 0 saturated carbocycles. The fourth-order valence-corrected chi connectivity index (χ4v) is 2.55. The summed E-state index contributed by atoms with van der Waals surface area (Å²) >= 11 is 0. The zero-order valence-electron chi connectivity index (χ0n) is 15.5. The van der Waals surface area contributed by atoms with Crippen molar-refractivity contribution >= 4 is 5.97 Å². The third-order valence-corrected chi connectivity index (χ3v) is 4.02. The quantitative estimate of drug-likeness (QED) is 0.599. The summed E-state index contributed by atoms with van der Waals surface area (Å²) in [6.07, 6.45) is 0.578. The molecule has 1 aromatic heterocycles. The minimum absolute atomic E-state index is 0.0983. The van der Waals surface area contributed by atoms with E-state index in [9.17, 15) is 4.79 Å². The molecule has 3 aromatic rings. The molecule has 0 bridgehead atoms. The summed E-state index contributed by atoms with van der Waals surface area (Å²) < 4.78 is 21.4. The second-order valence-electron chi connectivity index (χ2n) is 5.91. The predicted molar refractivity (Wildman–Crippen MR) is 99.6 cm³/mol. The Balaban J connectivity index is 1.61. The average molecular weight is 384 g/mol. The molecule has 3 rings (SSSR count). The Hall–Kier alpha value is -3.55. The van der Waals surface area contributed by atoms with Crippen molar-refractivity contribution in [2.75, 3.05) is 14.2 Å². The molecule has 0 amide bonds. The van der Waals surface area contributed by atoms with Crippen LogP contribution in [-0.2, 0) is 17.8 Å². The first-order valence-electron chi connectivity index (χ1n) is 8.57. The number of nitrogens with zero attached hydrogens (tertiary/aromatic N) is 2. The Labute approximate surface area is 161 Å². The third kappa shape index (κ3) is 4.79. The van der Waals surface area contributed by atoms with E-state index in [1.807, 2.05) is 18.2 Å². The van der Waals surface area contributed by atoms with Crippen molar-refractivity contribution in [3.8, 4) is 28.6 Å². The third-order valence-electron chi connectivity index (χ3n) is 4.02. The van der Waals surface area contributed by atoms with Gasteiger partial charge in [-0.25, -0.2) is 0 Å². The van der Waals surface area contributed by atoms with Gasteiger partial charge in [0.15, 0.2) is 18.1 Å². The molecule has 0 spiro atoms. The highest BCUT2D eigenvalue weighted by Crippen LogP contribution is 2.31. The molecule has 8 nitrogen and oxygen atoms in total. The van der Waals surface area contributed by atoms with Gasteiger partial charge >= 0.3 is 5.97 Å². The second kappa shape index (κ2) is 8.90. The van der Waals surface area contributed by atoms with Crippen LogP contribution in [0.15, 0.2) is 47.0 Å². The second-order valence-corrected chi connectivity index (χ2v) is 5.91. The summed E-state index contributed by atoms with van der Waals surface area (Å²) in [4.78, 5) is 14.9. The van der Waals surface area contributed by atoms with E-state index in [-0.39, 0.29) is 13.0 Å². The predicted octanol–water partition coefficient (Wildman–Crippen LogP) is 3.35. The maximum atomic E-state index is 10.6. The lowest BCUT2D eigenvalue weighted by atomic mass is 10.1. The molecule has 0 aliphatic heterocycles. The van der Waals surface area contributed by atoms with E-state index in [0.717, 1.165) is 11.1 Å². The summed E-state index contributed by atoms with van der Waals surface area (Å²) in [5, 5.41) is 12.7. The number of rotatable bonds is 9. The van der Waals surface area contributed by atoms with Crippen molar-refractivity contribution in [1.82, 2.24) is 10.1 Å². The standard InChI is InChI=1S/C20H20N2O6/c1-25-16-9-6-14(11-17(16)26-2)20-21-18(28-22-20)12-27-15-7-3-13(4-8-15)5-10-19(23)24/h3-4,6-9,11H,5,10,12H2,1-2H3,(H,23,24). The number of hydrogen-bond acceptors (Lipinski definition) is 7. The number of carboxylic acids is 1. The highest BCUT2D eigenvalue weighted by atomic mass is 16.5. The van der Waals surface area contributed by atoms with E-state index in [4.69, 9.17) is 23.8 Å². The van der Waals surface area contributed by atoms with Crippen molar-refractivity contribution in [1.29, 1.82) is 0 Å². The van der Waals surface area contributed by atoms with E-state index >= 15 is 0 Å². The van der Waals surface area contributed by atoms with Gasteiger partial charge in [0.05, 0.1) is 14.2 Å². The smallest absolute Gasteiger partial charge is 0.303 e. The summed E-state index contributed by atoms with van der Waals surface area (Å²) in [6.45, 7) is 0.120. The van der Waals surface area contributed by atoms with Crippen molar-refractivity contribution in [2.24, 2.45) is 0 Å². The molecule has 0 unspecified atom stereocenters. The van der Waals surface area contributed by atoms with Crippen molar-refractivity contribution in [2.45, 2.75) is 19.4 Å². The fourth-order valence-electron chi connectivity index (χ4n) is 2.55. The molecular formula is C20H20N2O6. The topological polar surface area (TPSA) is 104 Å². The molecule has 0 atom stereocenters. The van der Waals surface area contributed by atoms with Gasteiger partial charge in [-0.3, -0.25) is 4.79 Å². The van der Waals surface area contributed by atoms with E-state index < -0.39 is 5.97 Å². The number of ether oxygens (including phenoxy) is 3. The molecule has 8 heteroatoms. The van der Waals surface area contributed by atoms with Crippen LogP contribution in [0, 0.1) is 0 Å². The van der Waals surface area contributed by atoms with Gasteiger partial charge in [0, 0.05) is 12.0 Å². The van der Waals surface area contributed by atoms with Crippen LogP contribution in [0.4, 0.5) is 0 Å². The number of hydrogen-bond donors (Lipinski definition) is 1. The van der Waals surface area contributed by atoms with Gasteiger partial charge in [0.2, 0.25) is 5.82 Å². The molecule has 146 valence electrons. The monoisotopic (exact) mass is 384 g/mol. The number of carbonyl (C=O) groups is 1. The first-order valence-corrected chi connectivity index (χ1v) is 8.57. The first-order chi connectivity index (χ1) is 13.6. The number of aryl methyl sites for hydroxylation is 1. The minimum atomic E-state index is -0.818. The molecule has 0 radical (unpaired) electrons. The molecule has 0 aliphatic carbocycles. The van der Waals surface area contributed by atoms with Gasteiger partial charge in [-0.1, -0.05) is 17.3 Å². The molecule has 0 aliphatic rings. The maximum absolute atomic E-state index is 10.6. The molecule has 1 N–H and O–H groups in total. The van der Waals surface area contributed by atoms with Gasteiger partial charge in [-0.2, -0.15) is 4.98 Å². The van der Waals surface area contributed by atoms with Crippen LogP contribution in [0.3, 0.4) is 0 Å². The number of carboxylic acid groups (broad SMARTS) is 1. The van der Waals surface area contributed by atoms with E-state index in [1.54, 1.807) is 38.5 Å². The fraction of sp³-hybridized carbons (Fsp3) is 0.250. The number of benzene rings is 2. The molecule has 0 saturated heterocycles. The molecule has 28 heavy (non-hydrogen) atoms. The van der Waals surface area contributed by atoms with Crippen LogP contribution in [0.25, 0.3) is 11.4 Å². The van der Waals surface area contributed by atoms with Crippen molar-refractivity contribution in [3.05, 3.63) is 53.9 Å². The lowest BCUT2D eigenvalue weighted by Crippen LogP contribution is -1.98. The Morgan fingerprint density at radius 3 is 2.50 bits per heavy atom. The van der Waals surface area contributed by atoms with Crippen molar-refractivity contribution in [3.63, 3.8) is 0 Å². The van der Waals surface area contributed by atoms with Gasteiger partial charge in [-0.05, 0) is 42.3 Å². The Morgan fingerprint density at radius 1 is 1.07 bits per heavy atom. The van der Waals surface area contributed by atoms with Gasteiger partial charge in [-0.15, -0.1) is 0 Å². The lowest BCUT2D eigenvalue weighted by Gasteiger charge is -2.07. The first kappa shape index (κ1) is 19.2.